The molecular formula is C24H35N3O4S2. The van der Waals surface area contributed by atoms with E-state index in [1.807, 2.05) is 18.2 Å². The van der Waals surface area contributed by atoms with Crippen LogP contribution in [0.3, 0.4) is 0 Å². The average molecular weight is 494 g/mol. The van der Waals surface area contributed by atoms with Crippen LogP contribution in [0, 0.1) is 5.92 Å². The molecule has 1 aliphatic rings. The predicted octanol–water partition coefficient (Wildman–Crippen LogP) is 3.79. The van der Waals surface area contributed by atoms with Crippen LogP contribution >= 0.6 is 11.8 Å². The fourth-order valence-corrected chi connectivity index (χ4v) is 6.67. The number of hydrogen-bond acceptors (Lipinski definition) is 6. The van der Waals surface area contributed by atoms with Crippen LogP contribution < -0.4 is 10.9 Å². The first kappa shape index (κ1) is 25.7. The van der Waals surface area contributed by atoms with Crippen LogP contribution in [0.2, 0.25) is 0 Å². The van der Waals surface area contributed by atoms with Crippen molar-refractivity contribution < 1.29 is 13.2 Å². The molecule has 9 heteroatoms. The number of fused-ring (bicyclic) bond motifs is 1. The standard InChI is InChI=1S/C24H35N3O4S2/c1-17(2)10-6-4-5-9-14-27-23(29)20-11-7-8-12-21(20)26-24(27)32-18(3)22(28)25-19-13-15-33(30,31)16-19/h7-8,11-12,17-19H,4-6,9-10,13-16H2,1-3H3,(H,25,28). The Morgan fingerprint density at radius 2 is 1.91 bits per heavy atom. The summed E-state index contributed by atoms with van der Waals surface area (Å²) >= 11 is 1.25. The highest BCUT2D eigenvalue weighted by Gasteiger charge is 2.30. The number of amides is 1. The molecule has 2 unspecified atom stereocenters. The Morgan fingerprint density at radius 1 is 1.18 bits per heavy atom. The summed E-state index contributed by atoms with van der Waals surface area (Å²) < 4.78 is 25.1. The summed E-state index contributed by atoms with van der Waals surface area (Å²) in [6, 6.07) is 6.93. The van der Waals surface area contributed by atoms with Gasteiger partial charge in [0.1, 0.15) is 0 Å². The van der Waals surface area contributed by atoms with E-state index in [4.69, 9.17) is 4.98 Å². The first-order valence-electron chi connectivity index (χ1n) is 11.8. The van der Waals surface area contributed by atoms with Gasteiger partial charge in [-0.1, -0.05) is 63.4 Å². The Bertz CT molecular complexity index is 1130. The Labute approximate surface area is 200 Å². The van der Waals surface area contributed by atoms with Gasteiger partial charge >= 0.3 is 0 Å². The van der Waals surface area contributed by atoms with Gasteiger partial charge in [0, 0.05) is 12.6 Å². The lowest BCUT2D eigenvalue weighted by Crippen LogP contribution is -2.40. The van der Waals surface area contributed by atoms with Crippen molar-refractivity contribution in [2.75, 3.05) is 11.5 Å². The van der Waals surface area contributed by atoms with Crippen LogP contribution in [0.25, 0.3) is 10.9 Å². The molecule has 1 saturated heterocycles. The number of rotatable bonds is 11. The topological polar surface area (TPSA) is 98.1 Å². The fourth-order valence-electron chi connectivity index (χ4n) is 4.05. The number of aromatic nitrogens is 2. The maximum absolute atomic E-state index is 13.2. The molecule has 0 saturated carbocycles. The number of nitrogens with one attached hydrogen (secondary N) is 1. The number of sulfone groups is 1. The van der Waals surface area contributed by atoms with E-state index in [1.54, 1.807) is 17.6 Å². The highest BCUT2D eigenvalue weighted by molar-refractivity contribution is 8.00. The van der Waals surface area contributed by atoms with Crippen molar-refractivity contribution in [3.05, 3.63) is 34.6 Å². The van der Waals surface area contributed by atoms with Crippen molar-refractivity contribution in [2.45, 2.75) is 82.3 Å². The maximum Gasteiger partial charge on any atom is 0.262 e. The molecule has 0 aliphatic carbocycles. The zero-order chi connectivity index (χ0) is 24.0. The van der Waals surface area contributed by atoms with E-state index >= 15 is 0 Å². The minimum Gasteiger partial charge on any atom is -0.351 e. The van der Waals surface area contributed by atoms with Crippen LogP contribution in [-0.4, -0.2) is 46.7 Å². The molecule has 2 heterocycles. The summed E-state index contributed by atoms with van der Waals surface area (Å²) in [6.45, 7) is 6.79. The smallest absolute Gasteiger partial charge is 0.262 e. The Balaban J connectivity index is 1.71. The van der Waals surface area contributed by atoms with Crippen molar-refractivity contribution in [3.63, 3.8) is 0 Å². The normalized spacial score (nSPS) is 18.6. The molecule has 0 bridgehead atoms. The maximum atomic E-state index is 13.2. The summed E-state index contributed by atoms with van der Waals surface area (Å²) in [5.41, 5.74) is 0.535. The molecule has 0 spiro atoms. The Morgan fingerprint density at radius 3 is 2.61 bits per heavy atom. The second kappa shape index (κ2) is 11.5. The van der Waals surface area contributed by atoms with Gasteiger partial charge in [-0.25, -0.2) is 13.4 Å². The van der Waals surface area contributed by atoms with Crippen molar-refractivity contribution >= 4 is 38.4 Å². The van der Waals surface area contributed by atoms with E-state index in [2.05, 4.69) is 19.2 Å². The first-order valence-corrected chi connectivity index (χ1v) is 14.5. The summed E-state index contributed by atoms with van der Waals surface area (Å²) in [4.78, 5) is 30.6. The zero-order valence-corrected chi connectivity index (χ0v) is 21.4. The van der Waals surface area contributed by atoms with Gasteiger partial charge in [0.25, 0.3) is 5.56 Å². The van der Waals surface area contributed by atoms with Crippen LogP contribution in [0.15, 0.2) is 34.2 Å². The molecule has 1 aliphatic heterocycles. The van der Waals surface area contributed by atoms with Crippen molar-refractivity contribution in [3.8, 4) is 0 Å². The lowest BCUT2D eigenvalue weighted by Gasteiger charge is -2.18. The van der Waals surface area contributed by atoms with E-state index < -0.39 is 15.1 Å². The van der Waals surface area contributed by atoms with Gasteiger partial charge in [-0.3, -0.25) is 14.2 Å². The van der Waals surface area contributed by atoms with E-state index in [-0.39, 0.29) is 29.0 Å². The average Bonchev–Trinajstić information content (AvgIpc) is 3.10. The van der Waals surface area contributed by atoms with E-state index in [9.17, 15) is 18.0 Å². The molecule has 2 aromatic rings. The molecule has 1 fully saturated rings. The van der Waals surface area contributed by atoms with Gasteiger partial charge in [0.2, 0.25) is 5.91 Å². The minimum atomic E-state index is -3.06. The lowest BCUT2D eigenvalue weighted by molar-refractivity contribution is -0.120. The summed E-state index contributed by atoms with van der Waals surface area (Å²) in [5, 5.41) is 3.45. The van der Waals surface area contributed by atoms with Gasteiger partial charge in [0.05, 0.1) is 27.7 Å². The molecule has 0 radical (unpaired) electrons. The number of carbonyl (C=O) groups excluding carboxylic acids is 1. The van der Waals surface area contributed by atoms with Gasteiger partial charge in [-0.05, 0) is 37.8 Å². The quantitative estimate of drug-likeness (QED) is 0.291. The first-order chi connectivity index (χ1) is 15.7. The van der Waals surface area contributed by atoms with Crippen LogP contribution in [0.1, 0.15) is 59.3 Å². The SMILES string of the molecule is CC(C)CCCCCCn1c(SC(C)C(=O)NC2CCS(=O)(=O)C2)nc2ccccc2c1=O. The largest absolute Gasteiger partial charge is 0.351 e. The number of benzene rings is 1. The molecule has 182 valence electrons. The summed E-state index contributed by atoms with van der Waals surface area (Å²) in [6.07, 6.45) is 5.92. The Hall–Kier alpha value is -1.87. The van der Waals surface area contributed by atoms with Crippen molar-refractivity contribution in [2.24, 2.45) is 5.92 Å². The fraction of sp³-hybridized carbons (Fsp3) is 0.625. The van der Waals surface area contributed by atoms with E-state index in [1.165, 1.54) is 24.6 Å². The third kappa shape index (κ3) is 7.30. The lowest BCUT2D eigenvalue weighted by atomic mass is 10.0. The number of nitrogens with zero attached hydrogens (tertiary/aromatic N) is 2. The third-order valence-corrected chi connectivity index (χ3v) is 8.83. The van der Waals surface area contributed by atoms with Gasteiger partial charge in [0.15, 0.2) is 15.0 Å². The summed E-state index contributed by atoms with van der Waals surface area (Å²) in [7, 11) is -3.06. The molecule has 3 rings (SSSR count). The Kier molecular flexibility index (Phi) is 8.98. The van der Waals surface area contributed by atoms with Crippen molar-refractivity contribution in [1.82, 2.24) is 14.9 Å². The molecule has 1 N–H and O–H groups in total. The predicted molar refractivity (Wildman–Crippen MR) is 134 cm³/mol. The second-order valence-corrected chi connectivity index (χ2v) is 12.9. The number of hydrogen-bond donors (Lipinski definition) is 1. The third-order valence-electron chi connectivity index (χ3n) is 5.97. The number of thioether (sulfide) groups is 1. The van der Waals surface area contributed by atoms with E-state index in [0.717, 1.165) is 19.3 Å². The van der Waals surface area contributed by atoms with Crippen molar-refractivity contribution in [1.29, 1.82) is 0 Å². The monoisotopic (exact) mass is 493 g/mol. The summed E-state index contributed by atoms with van der Waals surface area (Å²) in [5.74, 6) is 0.580. The molecule has 33 heavy (non-hydrogen) atoms. The van der Waals surface area contributed by atoms with Gasteiger partial charge < -0.3 is 5.32 Å². The minimum absolute atomic E-state index is 0.00807. The zero-order valence-electron chi connectivity index (χ0n) is 19.7. The van der Waals surface area contributed by atoms with E-state index in [0.29, 0.717) is 34.9 Å². The van der Waals surface area contributed by atoms with Crippen LogP contribution in [0.4, 0.5) is 0 Å². The second-order valence-electron chi connectivity index (χ2n) is 9.33. The molecule has 2 atom stereocenters. The van der Waals surface area contributed by atoms with Gasteiger partial charge in [-0.15, -0.1) is 0 Å². The number of carbonyl (C=O) groups is 1. The highest BCUT2D eigenvalue weighted by atomic mass is 32.2. The number of unbranched alkanes of at least 4 members (excludes halogenated alkanes) is 3. The molecule has 1 aromatic carbocycles. The van der Waals surface area contributed by atoms with Crippen LogP contribution in [0.5, 0.6) is 0 Å². The molecular weight excluding hydrogens is 458 g/mol. The highest BCUT2D eigenvalue weighted by Crippen LogP contribution is 2.24. The molecule has 1 amide bonds. The van der Waals surface area contributed by atoms with Gasteiger partial charge in [-0.2, -0.15) is 0 Å². The molecule has 7 nitrogen and oxygen atoms in total. The van der Waals surface area contributed by atoms with Crippen LogP contribution in [-0.2, 0) is 21.2 Å². The number of para-hydroxylation sites is 1. The molecule has 1 aromatic heterocycles.